The van der Waals surface area contributed by atoms with Gasteiger partial charge in [-0.05, 0) is 36.8 Å². The van der Waals surface area contributed by atoms with E-state index in [0.29, 0.717) is 29.4 Å². The van der Waals surface area contributed by atoms with E-state index in [1.807, 2.05) is 0 Å². The lowest BCUT2D eigenvalue weighted by atomic mass is 10.2. The van der Waals surface area contributed by atoms with Crippen LogP contribution >= 0.6 is 23.2 Å². The number of hydrogen-bond donors (Lipinski definition) is 1. The van der Waals surface area contributed by atoms with Crippen LogP contribution in [0.2, 0.25) is 10.0 Å². The third kappa shape index (κ3) is 4.59. The van der Waals surface area contributed by atoms with Crippen molar-refractivity contribution in [2.75, 3.05) is 23.4 Å². The first kappa shape index (κ1) is 19.2. The molecule has 27 heavy (non-hydrogen) atoms. The highest BCUT2D eigenvalue weighted by Crippen LogP contribution is 2.29. The highest BCUT2D eigenvalue weighted by molar-refractivity contribution is 6.42. The Bertz CT molecular complexity index is 901. The first-order valence-corrected chi connectivity index (χ1v) is 9.02. The van der Waals surface area contributed by atoms with Gasteiger partial charge in [-0.2, -0.15) is 0 Å². The van der Waals surface area contributed by atoms with Gasteiger partial charge in [-0.3, -0.25) is 9.59 Å². The zero-order valence-corrected chi connectivity index (χ0v) is 15.7. The first-order chi connectivity index (χ1) is 13.0. The van der Waals surface area contributed by atoms with Gasteiger partial charge in [0.2, 0.25) is 5.91 Å². The quantitative estimate of drug-likeness (QED) is 0.763. The van der Waals surface area contributed by atoms with E-state index < -0.39 is 18.5 Å². The number of benzene rings is 2. The molecular formula is C19H16Cl2N2O4. The van der Waals surface area contributed by atoms with Gasteiger partial charge < -0.3 is 15.0 Å². The molecule has 1 heterocycles. The van der Waals surface area contributed by atoms with Gasteiger partial charge in [0.1, 0.15) is 0 Å². The molecule has 0 spiro atoms. The Balaban J connectivity index is 1.62. The maximum atomic E-state index is 12.2. The smallest absolute Gasteiger partial charge is 0.338 e. The first-order valence-electron chi connectivity index (χ1n) is 8.27. The predicted molar refractivity (Wildman–Crippen MR) is 103 cm³/mol. The number of nitrogens with one attached hydrogen (secondary N) is 1. The van der Waals surface area contributed by atoms with Crippen LogP contribution in [-0.4, -0.2) is 30.9 Å². The molecule has 1 aliphatic heterocycles. The number of rotatable bonds is 5. The highest BCUT2D eigenvalue weighted by Gasteiger charge is 2.24. The van der Waals surface area contributed by atoms with Crippen molar-refractivity contribution in [2.45, 2.75) is 12.8 Å². The van der Waals surface area contributed by atoms with Crippen molar-refractivity contribution in [1.29, 1.82) is 0 Å². The molecule has 6 nitrogen and oxygen atoms in total. The molecule has 0 bridgehead atoms. The number of carbonyl (C=O) groups is 3. The molecule has 2 aromatic carbocycles. The Morgan fingerprint density at radius 2 is 1.89 bits per heavy atom. The number of halogens is 2. The van der Waals surface area contributed by atoms with Crippen LogP contribution in [-0.2, 0) is 14.3 Å². The summed E-state index contributed by atoms with van der Waals surface area (Å²) < 4.78 is 5.01. The summed E-state index contributed by atoms with van der Waals surface area (Å²) >= 11 is 11.7. The summed E-state index contributed by atoms with van der Waals surface area (Å²) in [4.78, 5) is 37.8. The average molecular weight is 407 g/mol. The van der Waals surface area contributed by atoms with Crippen LogP contribution in [0.4, 0.5) is 11.4 Å². The Hall–Kier alpha value is -2.57. The minimum atomic E-state index is -0.688. The van der Waals surface area contributed by atoms with E-state index in [4.69, 9.17) is 27.9 Å². The number of nitrogens with zero attached hydrogens (tertiary/aromatic N) is 1. The lowest BCUT2D eigenvalue weighted by molar-refractivity contribution is -0.119. The monoisotopic (exact) mass is 406 g/mol. The van der Waals surface area contributed by atoms with Crippen molar-refractivity contribution in [1.82, 2.24) is 0 Å². The molecule has 0 aliphatic carbocycles. The molecule has 1 fully saturated rings. The summed E-state index contributed by atoms with van der Waals surface area (Å²) in [6, 6.07) is 11.3. The summed E-state index contributed by atoms with van der Waals surface area (Å²) in [5.74, 6) is -1.18. The van der Waals surface area contributed by atoms with Crippen molar-refractivity contribution in [3.8, 4) is 0 Å². The van der Waals surface area contributed by atoms with Crippen LogP contribution in [0.1, 0.15) is 23.2 Å². The highest BCUT2D eigenvalue weighted by atomic mass is 35.5. The lowest BCUT2D eigenvalue weighted by Gasteiger charge is -2.19. The Morgan fingerprint density at radius 3 is 2.59 bits per heavy atom. The Kier molecular flexibility index (Phi) is 5.98. The number of ether oxygens (including phenoxy) is 1. The van der Waals surface area contributed by atoms with Crippen molar-refractivity contribution in [2.24, 2.45) is 0 Å². The second-order valence-corrected chi connectivity index (χ2v) is 6.73. The van der Waals surface area contributed by atoms with Crippen molar-refractivity contribution < 1.29 is 19.1 Å². The number of carbonyl (C=O) groups excluding carboxylic acids is 3. The zero-order chi connectivity index (χ0) is 19.4. The molecule has 8 heteroatoms. The second kappa shape index (κ2) is 8.41. The summed E-state index contributed by atoms with van der Waals surface area (Å²) in [5, 5.41) is 3.22. The van der Waals surface area contributed by atoms with Crippen molar-refractivity contribution >= 4 is 52.4 Å². The zero-order valence-electron chi connectivity index (χ0n) is 14.2. The van der Waals surface area contributed by atoms with Gasteiger partial charge >= 0.3 is 5.97 Å². The molecule has 1 N–H and O–H groups in total. The minimum absolute atomic E-state index is 0.0164. The Labute approximate surface area is 166 Å². The van der Waals surface area contributed by atoms with E-state index in [9.17, 15) is 14.4 Å². The molecule has 0 unspecified atom stereocenters. The van der Waals surface area contributed by atoms with Gasteiger partial charge in [0.05, 0.1) is 27.0 Å². The molecular weight excluding hydrogens is 391 g/mol. The summed E-state index contributed by atoms with van der Waals surface area (Å²) in [7, 11) is 0. The van der Waals surface area contributed by atoms with Crippen LogP contribution in [0, 0.1) is 0 Å². The standard InChI is InChI=1S/C19H16Cl2N2O4/c20-13-8-7-12(10-14(13)21)19(26)27-11-17(24)22-15-4-1-2-5-16(15)23-9-3-6-18(23)25/h1-2,4-5,7-8,10H,3,6,9,11H2,(H,22,24). The van der Waals surface area contributed by atoms with E-state index in [0.717, 1.165) is 6.42 Å². The van der Waals surface area contributed by atoms with E-state index >= 15 is 0 Å². The molecule has 2 amide bonds. The van der Waals surface area contributed by atoms with Crippen LogP contribution in [0.15, 0.2) is 42.5 Å². The summed E-state index contributed by atoms with van der Waals surface area (Å²) in [6.07, 6.45) is 1.27. The number of amides is 2. The van der Waals surface area contributed by atoms with Crippen molar-refractivity contribution in [3.05, 3.63) is 58.1 Å². The largest absolute Gasteiger partial charge is 0.452 e. The SMILES string of the molecule is O=C(COC(=O)c1ccc(Cl)c(Cl)c1)Nc1ccccc1N1CCCC1=O. The van der Waals surface area contributed by atoms with Crippen LogP contribution in [0.25, 0.3) is 0 Å². The van der Waals surface area contributed by atoms with Gasteiger partial charge in [0.15, 0.2) is 6.61 Å². The molecule has 140 valence electrons. The van der Waals surface area contributed by atoms with Crippen LogP contribution in [0.5, 0.6) is 0 Å². The summed E-state index contributed by atoms with van der Waals surface area (Å²) in [6.45, 7) is 0.138. The predicted octanol–water partition coefficient (Wildman–Crippen LogP) is 3.92. The number of esters is 1. The molecule has 0 aromatic heterocycles. The normalized spacial score (nSPS) is 13.6. The Morgan fingerprint density at radius 1 is 1.11 bits per heavy atom. The fourth-order valence-electron chi connectivity index (χ4n) is 2.74. The average Bonchev–Trinajstić information content (AvgIpc) is 3.08. The van der Waals surface area contributed by atoms with Gasteiger partial charge in [0.25, 0.3) is 5.91 Å². The van der Waals surface area contributed by atoms with Gasteiger partial charge in [-0.25, -0.2) is 4.79 Å². The van der Waals surface area contributed by atoms with E-state index in [2.05, 4.69) is 5.32 Å². The fourth-order valence-corrected chi connectivity index (χ4v) is 3.04. The van der Waals surface area contributed by atoms with Crippen molar-refractivity contribution in [3.63, 3.8) is 0 Å². The molecule has 0 saturated carbocycles. The lowest BCUT2D eigenvalue weighted by Crippen LogP contribution is -2.27. The maximum absolute atomic E-state index is 12.2. The summed E-state index contributed by atoms with van der Waals surface area (Å²) in [5.41, 5.74) is 1.31. The van der Waals surface area contributed by atoms with Gasteiger partial charge in [-0.15, -0.1) is 0 Å². The number of hydrogen-bond acceptors (Lipinski definition) is 4. The van der Waals surface area contributed by atoms with E-state index in [1.54, 1.807) is 29.2 Å². The molecule has 1 aliphatic rings. The fraction of sp³-hybridized carbons (Fsp3) is 0.211. The number of para-hydroxylation sites is 2. The van der Waals surface area contributed by atoms with Gasteiger partial charge in [-0.1, -0.05) is 35.3 Å². The minimum Gasteiger partial charge on any atom is -0.452 e. The van der Waals surface area contributed by atoms with E-state index in [1.165, 1.54) is 18.2 Å². The van der Waals surface area contributed by atoms with Crippen LogP contribution < -0.4 is 10.2 Å². The molecule has 0 radical (unpaired) electrons. The maximum Gasteiger partial charge on any atom is 0.338 e. The third-order valence-electron chi connectivity index (χ3n) is 4.03. The topological polar surface area (TPSA) is 75.7 Å². The third-order valence-corrected chi connectivity index (χ3v) is 4.77. The molecule has 3 rings (SSSR count). The van der Waals surface area contributed by atoms with Crippen LogP contribution in [0.3, 0.4) is 0 Å². The number of anilines is 2. The van der Waals surface area contributed by atoms with E-state index in [-0.39, 0.29) is 16.5 Å². The molecule has 0 atom stereocenters. The second-order valence-electron chi connectivity index (χ2n) is 5.92. The van der Waals surface area contributed by atoms with Gasteiger partial charge in [0, 0.05) is 13.0 Å². The molecule has 2 aromatic rings. The molecule has 1 saturated heterocycles.